The summed E-state index contributed by atoms with van der Waals surface area (Å²) in [5, 5.41) is 0. The Kier molecular flexibility index (Phi) is 3.46. The molecule has 1 aliphatic rings. The molecule has 0 unspecified atom stereocenters. The van der Waals surface area contributed by atoms with Crippen molar-refractivity contribution in [3.8, 4) is 0 Å². The van der Waals surface area contributed by atoms with Crippen LogP contribution in [0.4, 0.5) is 0 Å². The fraction of sp³-hybridized carbons (Fsp3) is 0.800. The predicted molar refractivity (Wildman–Crippen MR) is 49.9 cm³/mol. The summed E-state index contributed by atoms with van der Waals surface area (Å²) in [4.78, 5) is 21.7. The Morgan fingerprint density at radius 1 is 1.23 bits per heavy atom. The highest BCUT2D eigenvalue weighted by Crippen LogP contribution is 2.30. The van der Waals surface area contributed by atoms with E-state index in [9.17, 15) is 9.59 Å². The molecule has 0 bridgehead atoms. The normalized spacial score (nSPS) is 28.4. The smallest absolute Gasteiger partial charge is 0.220 e. The lowest BCUT2D eigenvalue weighted by molar-refractivity contribution is -0.123. The summed E-state index contributed by atoms with van der Waals surface area (Å²) in [6, 6.07) is 0. The van der Waals surface area contributed by atoms with Crippen LogP contribution in [0, 0.1) is 11.8 Å². The molecule has 1 rings (SSSR count). The van der Waals surface area contributed by atoms with Gasteiger partial charge in [-0.3, -0.25) is 4.79 Å². The first-order valence-corrected chi connectivity index (χ1v) is 4.88. The zero-order chi connectivity index (χ0) is 9.84. The Morgan fingerprint density at radius 2 is 1.77 bits per heavy atom. The van der Waals surface area contributed by atoms with E-state index in [1.54, 1.807) is 6.92 Å². The minimum Gasteiger partial charge on any atom is -0.369 e. The van der Waals surface area contributed by atoms with Crippen molar-refractivity contribution in [3.63, 3.8) is 0 Å². The van der Waals surface area contributed by atoms with Crippen LogP contribution < -0.4 is 5.73 Å². The summed E-state index contributed by atoms with van der Waals surface area (Å²) in [5.74, 6) is 0.625. The second-order valence-electron chi connectivity index (χ2n) is 4.03. The van der Waals surface area contributed by atoms with Gasteiger partial charge < -0.3 is 10.5 Å². The monoisotopic (exact) mass is 183 g/mol. The van der Waals surface area contributed by atoms with Gasteiger partial charge in [-0.1, -0.05) is 0 Å². The van der Waals surface area contributed by atoms with Crippen molar-refractivity contribution >= 4 is 11.7 Å². The third kappa shape index (κ3) is 3.17. The number of Topliss-reactive ketones (excluding diaryl/α,β-unsaturated/α-hetero) is 1. The first-order chi connectivity index (χ1) is 6.09. The fourth-order valence-electron chi connectivity index (χ4n) is 2.06. The zero-order valence-corrected chi connectivity index (χ0v) is 8.08. The molecule has 2 N–H and O–H groups in total. The molecule has 1 amide bonds. The van der Waals surface area contributed by atoms with Gasteiger partial charge in [0.05, 0.1) is 0 Å². The number of ketones is 1. The molecular formula is C10H17NO2. The number of primary amides is 1. The zero-order valence-electron chi connectivity index (χ0n) is 8.08. The fourth-order valence-corrected chi connectivity index (χ4v) is 2.06. The molecule has 0 heterocycles. The first kappa shape index (κ1) is 10.2. The summed E-state index contributed by atoms with van der Waals surface area (Å²) in [6.45, 7) is 1.63. The van der Waals surface area contributed by atoms with Gasteiger partial charge in [-0.15, -0.1) is 0 Å². The molecule has 0 aliphatic heterocycles. The van der Waals surface area contributed by atoms with E-state index < -0.39 is 0 Å². The molecule has 0 radical (unpaired) electrons. The van der Waals surface area contributed by atoms with Gasteiger partial charge in [-0.2, -0.15) is 0 Å². The van der Waals surface area contributed by atoms with Crippen molar-refractivity contribution in [1.82, 2.24) is 0 Å². The second-order valence-corrected chi connectivity index (χ2v) is 4.03. The van der Waals surface area contributed by atoms with Crippen LogP contribution in [0.25, 0.3) is 0 Å². The maximum atomic E-state index is 10.8. The van der Waals surface area contributed by atoms with E-state index in [-0.39, 0.29) is 17.6 Å². The van der Waals surface area contributed by atoms with E-state index in [1.807, 2.05) is 0 Å². The molecule has 3 nitrogen and oxygen atoms in total. The maximum Gasteiger partial charge on any atom is 0.220 e. The third-order valence-electron chi connectivity index (χ3n) is 2.83. The summed E-state index contributed by atoms with van der Waals surface area (Å²) in [5.41, 5.74) is 5.21. The number of hydrogen-bond acceptors (Lipinski definition) is 2. The van der Waals surface area contributed by atoms with E-state index in [1.165, 1.54) is 0 Å². The predicted octanol–water partition coefficient (Wildman–Crippen LogP) is 1.26. The molecule has 0 atom stereocenters. The largest absolute Gasteiger partial charge is 0.369 e. The molecule has 74 valence electrons. The van der Waals surface area contributed by atoms with E-state index in [2.05, 4.69) is 0 Å². The molecule has 0 aromatic heterocycles. The average Bonchev–Trinajstić information content (AvgIpc) is 2.04. The minimum absolute atomic E-state index is 0.0585. The molecule has 1 fully saturated rings. The van der Waals surface area contributed by atoms with Gasteiger partial charge in [0.25, 0.3) is 0 Å². The number of carbonyl (C=O) groups excluding carboxylic acids is 2. The summed E-state index contributed by atoms with van der Waals surface area (Å²) >= 11 is 0. The Morgan fingerprint density at radius 3 is 2.15 bits per heavy atom. The summed E-state index contributed by atoms with van der Waals surface area (Å²) < 4.78 is 0. The number of amides is 1. The van der Waals surface area contributed by atoms with Gasteiger partial charge in [0.15, 0.2) is 0 Å². The standard InChI is InChI=1S/C10H17NO2/c1-7(12)6-8-2-4-9(5-3-8)10(11)13/h8-9H,2-6H2,1H3,(H2,11,13). The molecule has 0 aromatic rings. The Balaban J connectivity index is 2.30. The Bertz CT molecular complexity index is 205. The SMILES string of the molecule is CC(=O)CC1CCC(C(N)=O)CC1. The maximum absolute atomic E-state index is 10.8. The van der Waals surface area contributed by atoms with E-state index in [0.717, 1.165) is 25.7 Å². The first-order valence-electron chi connectivity index (χ1n) is 4.88. The molecule has 1 aliphatic carbocycles. The Hall–Kier alpha value is -0.860. The topological polar surface area (TPSA) is 60.2 Å². The highest BCUT2D eigenvalue weighted by molar-refractivity contribution is 5.77. The van der Waals surface area contributed by atoms with Gasteiger partial charge in [0.2, 0.25) is 5.91 Å². The van der Waals surface area contributed by atoms with Crippen LogP contribution >= 0.6 is 0 Å². The molecular weight excluding hydrogens is 166 g/mol. The molecule has 13 heavy (non-hydrogen) atoms. The minimum atomic E-state index is -0.179. The van der Waals surface area contributed by atoms with Crippen molar-refractivity contribution in [2.75, 3.05) is 0 Å². The van der Waals surface area contributed by atoms with Crippen LogP contribution in [0.5, 0.6) is 0 Å². The average molecular weight is 183 g/mol. The number of hydrogen-bond donors (Lipinski definition) is 1. The van der Waals surface area contributed by atoms with E-state index in [4.69, 9.17) is 5.73 Å². The summed E-state index contributed by atoms with van der Waals surface area (Å²) in [6.07, 6.45) is 4.37. The quantitative estimate of drug-likeness (QED) is 0.716. The number of carbonyl (C=O) groups is 2. The van der Waals surface area contributed by atoms with Gasteiger partial charge in [0.1, 0.15) is 5.78 Å². The van der Waals surface area contributed by atoms with Crippen LogP contribution in [0.1, 0.15) is 39.0 Å². The molecule has 0 spiro atoms. The van der Waals surface area contributed by atoms with Crippen LogP contribution in [-0.4, -0.2) is 11.7 Å². The van der Waals surface area contributed by atoms with Crippen LogP contribution in [0.2, 0.25) is 0 Å². The van der Waals surface area contributed by atoms with Gasteiger partial charge in [0, 0.05) is 12.3 Å². The van der Waals surface area contributed by atoms with Crippen molar-refractivity contribution < 1.29 is 9.59 Å². The highest BCUT2D eigenvalue weighted by Gasteiger charge is 2.24. The van der Waals surface area contributed by atoms with E-state index in [0.29, 0.717) is 12.3 Å². The lowest BCUT2D eigenvalue weighted by atomic mass is 9.80. The van der Waals surface area contributed by atoms with Crippen molar-refractivity contribution in [1.29, 1.82) is 0 Å². The van der Waals surface area contributed by atoms with Crippen LogP contribution in [0.3, 0.4) is 0 Å². The lowest BCUT2D eigenvalue weighted by Crippen LogP contribution is -2.28. The highest BCUT2D eigenvalue weighted by atomic mass is 16.1. The van der Waals surface area contributed by atoms with Gasteiger partial charge in [-0.25, -0.2) is 0 Å². The van der Waals surface area contributed by atoms with E-state index >= 15 is 0 Å². The summed E-state index contributed by atoms with van der Waals surface area (Å²) in [7, 11) is 0. The number of nitrogens with two attached hydrogens (primary N) is 1. The number of rotatable bonds is 3. The molecule has 3 heteroatoms. The Labute approximate surface area is 78.7 Å². The van der Waals surface area contributed by atoms with Crippen LogP contribution in [0.15, 0.2) is 0 Å². The molecule has 0 saturated heterocycles. The van der Waals surface area contributed by atoms with Crippen molar-refractivity contribution in [2.45, 2.75) is 39.0 Å². The molecule has 0 aromatic carbocycles. The lowest BCUT2D eigenvalue weighted by Gasteiger charge is -2.25. The third-order valence-corrected chi connectivity index (χ3v) is 2.83. The molecule has 1 saturated carbocycles. The van der Waals surface area contributed by atoms with Crippen molar-refractivity contribution in [3.05, 3.63) is 0 Å². The van der Waals surface area contributed by atoms with Gasteiger partial charge in [-0.05, 0) is 38.5 Å². The van der Waals surface area contributed by atoms with Crippen LogP contribution in [-0.2, 0) is 9.59 Å². The second kappa shape index (κ2) is 4.40. The van der Waals surface area contributed by atoms with Gasteiger partial charge >= 0.3 is 0 Å². The van der Waals surface area contributed by atoms with Crippen molar-refractivity contribution in [2.24, 2.45) is 17.6 Å².